The predicted molar refractivity (Wildman–Crippen MR) is 66.6 cm³/mol. The molecular formula is C11H8N4O4S. The maximum absolute atomic E-state index is 11.3. The third-order valence-corrected chi connectivity index (χ3v) is 3.41. The van der Waals surface area contributed by atoms with E-state index in [-0.39, 0.29) is 16.6 Å². The van der Waals surface area contributed by atoms with Crippen LogP contribution < -0.4 is 5.14 Å². The van der Waals surface area contributed by atoms with Gasteiger partial charge in [0.15, 0.2) is 5.69 Å². The number of aromatic nitrogens is 3. The zero-order valence-electron chi connectivity index (χ0n) is 9.92. The van der Waals surface area contributed by atoms with Crippen molar-refractivity contribution in [3.05, 3.63) is 36.6 Å². The van der Waals surface area contributed by atoms with Gasteiger partial charge in [0.05, 0.1) is 4.90 Å². The first kappa shape index (κ1) is 12.5. The van der Waals surface area contributed by atoms with Crippen LogP contribution >= 0.6 is 0 Å². The number of primary sulfonamides is 1. The Labute approximate surface area is 113 Å². The van der Waals surface area contributed by atoms with Crippen LogP contribution in [-0.2, 0) is 10.0 Å². The standard InChI is InChI=1S/C11H8N4O4S/c12-20(16,17)8-3-1-2-7(6-8)10-13-11(19-15-10)9-4-5-18-14-9/h1-6H,(H2,12,16,17). The highest BCUT2D eigenvalue weighted by molar-refractivity contribution is 7.89. The molecule has 2 heterocycles. The van der Waals surface area contributed by atoms with Crippen molar-refractivity contribution >= 4 is 10.0 Å². The Morgan fingerprint density at radius 3 is 2.70 bits per heavy atom. The average molecular weight is 292 g/mol. The molecule has 3 aromatic rings. The zero-order valence-corrected chi connectivity index (χ0v) is 10.7. The summed E-state index contributed by atoms with van der Waals surface area (Å²) in [5, 5.41) is 12.5. The van der Waals surface area contributed by atoms with Gasteiger partial charge in [0.1, 0.15) is 6.26 Å². The summed E-state index contributed by atoms with van der Waals surface area (Å²) in [6.07, 6.45) is 1.38. The van der Waals surface area contributed by atoms with E-state index < -0.39 is 10.0 Å². The van der Waals surface area contributed by atoms with Gasteiger partial charge in [-0.1, -0.05) is 22.4 Å². The van der Waals surface area contributed by atoms with E-state index in [1.54, 1.807) is 18.2 Å². The van der Waals surface area contributed by atoms with Crippen LogP contribution in [0.15, 0.2) is 50.5 Å². The second-order valence-corrected chi connectivity index (χ2v) is 5.44. The Morgan fingerprint density at radius 1 is 1.15 bits per heavy atom. The molecule has 2 aromatic heterocycles. The lowest BCUT2D eigenvalue weighted by atomic mass is 10.2. The minimum absolute atomic E-state index is 0.0252. The van der Waals surface area contributed by atoms with Gasteiger partial charge in [-0.25, -0.2) is 13.6 Å². The van der Waals surface area contributed by atoms with Gasteiger partial charge in [-0.15, -0.1) is 0 Å². The minimum Gasteiger partial charge on any atom is -0.364 e. The van der Waals surface area contributed by atoms with Crippen LogP contribution in [0.3, 0.4) is 0 Å². The summed E-state index contributed by atoms with van der Waals surface area (Å²) in [6, 6.07) is 7.51. The van der Waals surface area contributed by atoms with E-state index in [9.17, 15) is 8.42 Å². The molecule has 0 amide bonds. The Balaban J connectivity index is 2.02. The van der Waals surface area contributed by atoms with Crippen LogP contribution in [0.25, 0.3) is 23.0 Å². The lowest BCUT2D eigenvalue weighted by Gasteiger charge is -1.99. The van der Waals surface area contributed by atoms with Crippen molar-refractivity contribution in [2.45, 2.75) is 4.90 Å². The molecule has 1 aromatic carbocycles. The smallest absolute Gasteiger partial charge is 0.280 e. The molecule has 2 N–H and O–H groups in total. The van der Waals surface area contributed by atoms with Crippen LogP contribution in [0.5, 0.6) is 0 Å². The molecule has 102 valence electrons. The van der Waals surface area contributed by atoms with E-state index in [1.165, 1.54) is 18.4 Å². The van der Waals surface area contributed by atoms with Crippen LogP contribution in [0.1, 0.15) is 0 Å². The van der Waals surface area contributed by atoms with Gasteiger partial charge in [-0.3, -0.25) is 0 Å². The van der Waals surface area contributed by atoms with Gasteiger partial charge < -0.3 is 9.05 Å². The third-order valence-electron chi connectivity index (χ3n) is 2.50. The summed E-state index contributed by atoms with van der Waals surface area (Å²) >= 11 is 0. The molecule has 0 saturated heterocycles. The second-order valence-electron chi connectivity index (χ2n) is 3.88. The van der Waals surface area contributed by atoms with Crippen LogP contribution in [0.4, 0.5) is 0 Å². The van der Waals surface area contributed by atoms with Crippen molar-refractivity contribution in [1.29, 1.82) is 0 Å². The largest absolute Gasteiger partial charge is 0.364 e. The summed E-state index contributed by atoms with van der Waals surface area (Å²) in [5.74, 6) is 0.406. The molecule has 0 aliphatic heterocycles. The Bertz CT molecular complexity index is 839. The van der Waals surface area contributed by atoms with Gasteiger partial charge in [-0.05, 0) is 12.1 Å². The molecule has 0 spiro atoms. The van der Waals surface area contributed by atoms with E-state index in [0.29, 0.717) is 11.3 Å². The number of nitrogens with two attached hydrogens (primary N) is 1. The van der Waals surface area contributed by atoms with Gasteiger partial charge in [-0.2, -0.15) is 4.98 Å². The molecule has 0 fully saturated rings. The van der Waals surface area contributed by atoms with E-state index in [4.69, 9.17) is 9.66 Å². The first-order chi connectivity index (χ1) is 9.54. The minimum atomic E-state index is -3.78. The molecule has 0 aliphatic carbocycles. The molecule has 3 rings (SSSR count). The fourth-order valence-electron chi connectivity index (χ4n) is 1.58. The monoisotopic (exact) mass is 292 g/mol. The summed E-state index contributed by atoms with van der Waals surface area (Å²) < 4.78 is 32.3. The Kier molecular flexibility index (Phi) is 2.84. The van der Waals surface area contributed by atoms with Crippen molar-refractivity contribution in [2.24, 2.45) is 5.14 Å². The van der Waals surface area contributed by atoms with E-state index in [0.717, 1.165) is 0 Å². The molecule has 0 aliphatic rings. The van der Waals surface area contributed by atoms with Crippen LogP contribution in [0, 0.1) is 0 Å². The topological polar surface area (TPSA) is 125 Å². The van der Waals surface area contributed by atoms with Gasteiger partial charge >= 0.3 is 0 Å². The van der Waals surface area contributed by atoms with Gasteiger partial charge in [0.2, 0.25) is 15.8 Å². The zero-order chi connectivity index (χ0) is 14.2. The molecule has 20 heavy (non-hydrogen) atoms. The van der Waals surface area contributed by atoms with Crippen molar-refractivity contribution in [1.82, 2.24) is 15.3 Å². The van der Waals surface area contributed by atoms with Crippen LogP contribution in [-0.4, -0.2) is 23.7 Å². The lowest BCUT2D eigenvalue weighted by molar-refractivity contribution is 0.405. The highest BCUT2D eigenvalue weighted by atomic mass is 32.2. The number of rotatable bonds is 3. The maximum Gasteiger partial charge on any atom is 0.280 e. The maximum atomic E-state index is 11.3. The molecular weight excluding hydrogens is 284 g/mol. The molecule has 0 unspecified atom stereocenters. The van der Waals surface area contributed by atoms with Crippen molar-refractivity contribution in [3.63, 3.8) is 0 Å². The van der Waals surface area contributed by atoms with Crippen molar-refractivity contribution in [2.75, 3.05) is 0 Å². The fraction of sp³-hybridized carbons (Fsp3) is 0. The summed E-state index contributed by atoms with van der Waals surface area (Å²) in [6.45, 7) is 0. The third kappa shape index (κ3) is 2.31. The number of hydrogen-bond acceptors (Lipinski definition) is 7. The predicted octanol–water partition coefficient (Wildman–Crippen LogP) is 1.04. The van der Waals surface area contributed by atoms with Crippen LogP contribution in [0.2, 0.25) is 0 Å². The molecule has 0 saturated carbocycles. The number of sulfonamides is 1. The molecule has 0 atom stereocenters. The Morgan fingerprint density at radius 2 is 2.00 bits per heavy atom. The average Bonchev–Trinajstić information content (AvgIpc) is 3.09. The quantitative estimate of drug-likeness (QED) is 0.764. The summed E-state index contributed by atoms with van der Waals surface area (Å²) in [7, 11) is -3.78. The molecule has 0 bridgehead atoms. The van der Waals surface area contributed by atoms with E-state index in [1.807, 2.05) is 0 Å². The summed E-state index contributed by atoms with van der Waals surface area (Å²) in [5.41, 5.74) is 0.862. The Hall–Kier alpha value is -2.52. The molecule has 9 heteroatoms. The number of hydrogen-bond donors (Lipinski definition) is 1. The fourth-order valence-corrected chi connectivity index (χ4v) is 2.14. The lowest BCUT2D eigenvalue weighted by Crippen LogP contribution is -2.11. The highest BCUT2D eigenvalue weighted by Crippen LogP contribution is 2.22. The number of benzene rings is 1. The second kappa shape index (κ2) is 4.54. The van der Waals surface area contributed by atoms with Gasteiger partial charge in [0, 0.05) is 11.6 Å². The summed E-state index contributed by atoms with van der Waals surface area (Å²) in [4.78, 5) is 4.09. The highest BCUT2D eigenvalue weighted by Gasteiger charge is 2.15. The normalized spacial score (nSPS) is 11.7. The van der Waals surface area contributed by atoms with E-state index >= 15 is 0 Å². The molecule has 8 nitrogen and oxygen atoms in total. The first-order valence-corrected chi connectivity index (χ1v) is 6.96. The SMILES string of the molecule is NS(=O)(=O)c1cccc(-c2noc(-c3ccon3)n2)c1. The van der Waals surface area contributed by atoms with Gasteiger partial charge in [0.25, 0.3) is 5.89 Å². The van der Waals surface area contributed by atoms with Crippen molar-refractivity contribution in [3.8, 4) is 23.0 Å². The van der Waals surface area contributed by atoms with E-state index in [2.05, 4.69) is 19.8 Å². The first-order valence-electron chi connectivity index (χ1n) is 5.42. The molecule has 0 radical (unpaired) electrons. The number of nitrogens with zero attached hydrogens (tertiary/aromatic N) is 3. The van der Waals surface area contributed by atoms with Crippen molar-refractivity contribution < 1.29 is 17.5 Å².